The monoisotopic (exact) mass is 1750 g/mol. The molecule has 0 aliphatic rings. The minimum absolute atomic E-state index is 0. The van der Waals surface area contributed by atoms with Crippen molar-refractivity contribution in [2.24, 2.45) is 0 Å². The molecule has 0 nitrogen and oxygen atoms in total. The van der Waals surface area contributed by atoms with Gasteiger partial charge in [0.1, 0.15) is 0 Å². The van der Waals surface area contributed by atoms with E-state index in [0.29, 0.717) is 0 Å². The summed E-state index contributed by atoms with van der Waals surface area (Å²) in [6, 6.07) is 194. The molecule has 0 aliphatic heterocycles. The average molecular weight is 1750 g/mol. The molecule has 18 aromatic rings. The molecule has 9 heteroatoms. The zero-order valence-corrected chi connectivity index (χ0v) is 73.4. The molecule has 0 N–H and O–H groups in total. The Kier molecular flexibility index (Phi) is 38.4. The molecular weight excluding hydrogens is 1660 g/mol. The molecular formula is C108H92Cl2P6Ru. The van der Waals surface area contributed by atoms with E-state index in [0.717, 1.165) is 0 Å². The Morgan fingerprint density at radius 3 is 0.171 bits per heavy atom. The molecule has 0 fully saturated rings. The van der Waals surface area contributed by atoms with Crippen LogP contribution in [0.1, 0.15) is 2.85 Å². The van der Waals surface area contributed by atoms with Crippen molar-refractivity contribution in [3.8, 4) is 0 Å². The predicted octanol–water partition coefficient (Wildman–Crippen LogP) is 14.9. The molecule has 0 saturated heterocycles. The molecule has 0 saturated carbocycles. The van der Waals surface area contributed by atoms with Crippen molar-refractivity contribution in [2.75, 3.05) is 0 Å². The van der Waals surface area contributed by atoms with Gasteiger partial charge in [0.05, 0.1) is 0 Å². The summed E-state index contributed by atoms with van der Waals surface area (Å²) in [6.07, 6.45) is 0. The summed E-state index contributed by atoms with van der Waals surface area (Å²) >= 11 is 0. The van der Waals surface area contributed by atoms with Gasteiger partial charge in [-0.15, -0.1) is 0 Å². The van der Waals surface area contributed by atoms with Crippen molar-refractivity contribution in [3.05, 3.63) is 546 Å². The minimum atomic E-state index is -0.446. The van der Waals surface area contributed by atoms with Crippen molar-refractivity contribution in [3.63, 3.8) is 0 Å². The van der Waals surface area contributed by atoms with E-state index in [2.05, 4.69) is 546 Å². The molecule has 0 aromatic heterocycles. The molecule has 576 valence electrons. The van der Waals surface area contributed by atoms with Crippen molar-refractivity contribution >= 4 is 143 Å². The molecule has 0 aliphatic carbocycles. The van der Waals surface area contributed by atoms with Crippen LogP contribution in [0, 0.1) is 0 Å². The minimum Gasteiger partial charge on any atom is -1.00 e. The maximum Gasteiger partial charge on any atom is 4.00 e. The van der Waals surface area contributed by atoms with Crippen LogP contribution in [0.2, 0.25) is 0 Å². The molecule has 18 aromatic carbocycles. The summed E-state index contributed by atoms with van der Waals surface area (Å²) in [7, 11) is -2.68. The van der Waals surface area contributed by atoms with Gasteiger partial charge in [-0.05, 0) is 143 Å². The largest absolute Gasteiger partial charge is 4.00 e. The molecule has 0 unspecified atom stereocenters. The van der Waals surface area contributed by atoms with Crippen LogP contribution in [0.3, 0.4) is 0 Å². The van der Waals surface area contributed by atoms with Gasteiger partial charge in [-0.3, -0.25) is 0 Å². The van der Waals surface area contributed by atoms with Gasteiger partial charge >= 0.3 is 19.5 Å². The van der Waals surface area contributed by atoms with Gasteiger partial charge in [-0.25, -0.2) is 0 Å². The van der Waals surface area contributed by atoms with Gasteiger partial charge in [-0.1, -0.05) is 546 Å². The molecule has 0 amide bonds. The van der Waals surface area contributed by atoms with E-state index in [-0.39, 0.29) is 47.1 Å². The van der Waals surface area contributed by atoms with Gasteiger partial charge < -0.3 is 27.7 Å². The Balaban J connectivity index is 0.000000176. The van der Waals surface area contributed by atoms with Crippen molar-refractivity contribution in [1.29, 1.82) is 0 Å². The third-order valence-electron chi connectivity index (χ3n) is 18.3. The van der Waals surface area contributed by atoms with Gasteiger partial charge in [0.25, 0.3) is 0 Å². The Hall–Kier alpha value is -10.3. The Morgan fingerprint density at radius 1 is 0.0855 bits per heavy atom. The van der Waals surface area contributed by atoms with E-state index in [1.165, 1.54) is 95.5 Å². The Bertz CT molecular complexity index is 4100. The fourth-order valence-electron chi connectivity index (χ4n) is 13.1. The first-order valence-corrected chi connectivity index (χ1v) is 46.5. The number of rotatable bonds is 18. The Labute approximate surface area is 730 Å². The quantitative estimate of drug-likeness (QED) is 0.0593. The average Bonchev–Trinajstić information content (AvgIpc) is 0.854. The first-order valence-electron chi connectivity index (χ1n) is 38.4. The number of hydrogen-bond acceptors (Lipinski definition) is 0. The van der Waals surface area contributed by atoms with Gasteiger partial charge in [0, 0.05) is 0 Å². The van der Waals surface area contributed by atoms with E-state index < -0.39 is 47.5 Å². The van der Waals surface area contributed by atoms with Crippen LogP contribution in [0.4, 0.5) is 0 Å². The first kappa shape index (κ1) is 89.1. The van der Waals surface area contributed by atoms with Gasteiger partial charge in [-0.2, -0.15) is 0 Å². The molecule has 0 bridgehead atoms. The molecule has 0 heterocycles. The third kappa shape index (κ3) is 26.9. The smallest absolute Gasteiger partial charge is 1.00 e. The normalized spacial score (nSPS) is 10.3. The molecule has 117 heavy (non-hydrogen) atoms. The van der Waals surface area contributed by atoms with Crippen LogP contribution >= 0.6 is 47.5 Å². The predicted molar refractivity (Wildman–Crippen MR) is 513 cm³/mol. The second-order valence-corrected chi connectivity index (χ2v) is 39.4. The summed E-state index contributed by atoms with van der Waals surface area (Å²) in [6.45, 7) is 0. The van der Waals surface area contributed by atoms with E-state index in [9.17, 15) is 0 Å². The second-order valence-electron chi connectivity index (χ2n) is 26.1. The summed E-state index contributed by atoms with van der Waals surface area (Å²) in [5.41, 5.74) is 0. The SMILES string of the molecule is [Cl-].[Cl-].[H-].[H-].[Ru+4].c1ccc(P(c2ccccc2)c2ccccc2)cc1.c1ccc(P(c2ccccc2)c2ccccc2)cc1.c1ccc(P(c2ccccc2)c2ccccc2)cc1.c1ccc(P(c2ccccc2)c2ccccc2)cc1.c1ccc(P(c2ccccc2)c2ccccc2)cc1.c1ccc(P(c2ccccc2)c2ccccc2)cc1. The maximum atomic E-state index is 2.23. The summed E-state index contributed by atoms with van der Waals surface area (Å²) in [5.74, 6) is 0. The standard InChI is InChI=1S/6C18H15P.2ClH.Ru.2H/c6*1-4-10-16(11-5-1)19(17-12-6-2-7-13-17)18-14-8-3-9-15-18;;;;;/h6*1-15H;2*1H;;;/q;;;;;;;;+4;2*-1/p-2. The van der Waals surface area contributed by atoms with Crippen LogP contribution in [0.15, 0.2) is 546 Å². The first-order chi connectivity index (χ1) is 56.7. The zero-order chi connectivity index (χ0) is 77.5. The molecule has 18 rings (SSSR count). The van der Waals surface area contributed by atoms with Crippen LogP contribution in [-0.4, -0.2) is 0 Å². The van der Waals surface area contributed by atoms with Crippen molar-refractivity contribution in [1.82, 2.24) is 0 Å². The third-order valence-corrected chi connectivity index (χ3v) is 32.9. The number of hydrogen-bond donors (Lipinski definition) is 0. The maximum absolute atomic E-state index is 2.23. The fraction of sp³-hybridized carbons (Fsp3) is 0. The van der Waals surface area contributed by atoms with E-state index in [4.69, 9.17) is 0 Å². The van der Waals surface area contributed by atoms with Gasteiger partial charge in [0.15, 0.2) is 0 Å². The molecule has 0 spiro atoms. The van der Waals surface area contributed by atoms with Gasteiger partial charge in [0.2, 0.25) is 0 Å². The van der Waals surface area contributed by atoms with Crippen molar-refractivity contribution in [2.45, 2.75) is 0 Å². The van der Waals surface area contributed by atoms with Crippen LogP contribution in [0.5, 0.6) is 0 Å². The van der Waals surface area contributed by atoms with Crippen LogP contribution in [-0.2, 0) is 19.5 Å². The molecule has 0 radical (unpaired) electrons. The number of halogens is 2. The fourth-order valence-corrected chi connectivity index (χ4v) is 26.9. The van der Waals surface area contributed by atoms with Crippen molar-refractivity contribution < 1.29 is 47.1 Å². The van der Waals surface area contributed by atoms with E-state index in [1.54, 1.807) is 0 Å². The van der Waals surface area contributed by atoms with E-state index in [1.807, 2.05) is 0 Å². The molecule has 0 atom stereocenters. The number of benzene rings is 18. The summed E-state index contributed by atoms with van der Waals surface area (Å²) < 4.78 is 0. The van der Waals surface area contributed by atoms with E-state index >= 15 is 0 Å². The summed E-state index contributed by atoms with van der Waals surface area (Å²) in [5, 5.41) is 25.2. The topological polar surface area (TPSA) is 0 Å². The summed E-state index contributed by atoms with van der Waals surface area (Å²) in [4.78, 5) is 0. The van der Waals surface area contributed by atoms with Crippen LogP contribution in [0.25, 0.3) is 0 Å². The second kappa shape index (κ2) is 50.4. The Morgan fingerprint density at radius 2 is 0.128 bits per heavy atom. The van der Waals surface area contributed by atoms with Crippen LogP contribution < -0.4 is 120 Å². The zero-order valence-electron chi connectivity index (χ0n) is 66.8.